The van der Waals surface area contributed by atoms with Gasteiger partial charge in [-0.1, -0.05) is 61.2 Å². The lowest BCUT2D eigenvalue weighted by atomic mass is 10.0. The average Bonchev–Trinajstić information content (AvgIpc) is 2.78. The van der Waals surface area contributed by atoms with Gasteiger partial charge in [0, 0.05) is 11.8 Å². The Morgan fingerprint density at radius 2 is 1.81 bits per heavy atom. The number of ether oxygens (including phenoxy) is 1. The van der Waals surface area contributed by atoms with Crippen LogP contribution in [0.25, 0.3) is 28.5 Å². The van der Waals surface area contributed by atoms with Gasteiger partial charge in [-0.25, -0.2) is 4.39 Å². The van der Waals surface area contributed by atoms with Crippen LogP contribution in [0.3, 0.4) is 0 Å². The monoisotopic (exact) mass is 417 g/mol. The predicted molar refractivity (Wildman–Crippen MR) is 125 cm³/mol. The highest BCUT2D eigenvalue weighted by molar-refractivity contribution is 5.69. The van der Waals surface area contributed by atoms with E-state index >= 15 is 0 Å². The van der Waals surface area contributed by atoms with Crippen molar-refractivity contribution >= 4 is 6.08 Å². The number of hydrogen-bond donors (Lipinski definition) is 1. The lowest BCUT2D eigenvalue weighted by Gasteiger charge is -2.08. The van der Waals surface area contributed by atoms with Crippen molar-refractivity contribution in [1.29, 1.82) is 0 Å². The minimum Gasteiger partial charge on any atom is -0.486 e. The number of benzene rings is 2. The fourth-order valence-corrected chi connectivity index (χ4v) is 3.20. The standard InChI is InChI=1S/C27H28FNO2/c1-3-17-31-27-16-14-24(18-25(27)28)22-10-12-23(13-11-22)26-15-9-21(19-29-26)8-6-4-5-7-20(2)30/h3,6,8-16,18-20,30H,1,4-5,7,17H2,2H3/b8-6+. The summed E-state index contributed by atoms with van der Waals surface area (Å²) in [5.41, 5.74) is 4.65. The Bertz CT molecular complexity index is 1010. The lowest BCUT2D eigenvalue weighted by Crippen LogP contribution is -1.97. The van der Waals surface area contributed by atoms with E-state index in [0.29, 0.717) is 0 Å². The van der Waals surface area contributed by atoms with Crippen LogP contribution in [0, 0.1) is 5.82 Å². The van der Waals surface area contributed by atoms with Crippen LogP contribution in [0.4, 0.5) is 4.39 Å². The van der Waals surface area contributed by atoms with Crippen molar-refractivity contribution in [2.45, 2.75) is 32.3 Å². The average molecular weight is 418 g/mol. The molecule has 0 saturated heterocycles. The number of pyridine rings is 1. The molecule has 1 heterocycles. The number of hydrogen-bond acceptors (Lipinski definition) is 3. The quantitative estimate of drug-likeness (QED) is 0.295. The summed E-state index contributed by atoms with van der Waals surface area (Å²) in [6.07, 6.45) is 10.1. The molecule has 160 valence electrons. The first-order valence-corrected chi connectivity index (χ1v) is 10.5. The second kappa shape index (κ2) is 11.2. The van der Waals surface area contributed by atoms with E-state index in [2.05, 4.69) is 23.7 Å². The summed E-state index contributed by atoms with van der Waals surface area (Å²) in [5.74, 6) is -0.166. The van der Waals surface area contributed by atoms with Gasteiger partial charge in [-0.3, -0.25) is 4.98 Å². The van der Waals surface area contributed by atoms with Gasteiger partial charge in [0.1, 0.15) is 6.61 Å². The molecule has 2 aromatic carbocycles. The highest BCUT2D eigenvalue weighted by Gasteiger charge is 2.07. The van der Waals surface area contributed by atoms with Gasteiger partial charge in [0.15, 0.2) is 11.6 Å². The maximum absolute atomic E-state index is 14.2. The zero-order chi connectivity index (χ0) is 22.1. The summed E-state index contributed by atoms with van der Waals surface area (Å²) in [6.45, 7) is 5.66. The molecule has 31 heavy (non-hydrogen) atoms. The van der Waals surface area contributed by atoms with Crippen LogP contribution >= 0.6 is 0 Å². The molecule has 1 unspecified atom stereocenters. The normalized spacial score (nSPS) is 12.1. The Balaban J connectivity index is 1.64. The summed E-state index contributed by atoms with van der Waals surface area (Å²) < 4.78 is 19.5. The first-order valence-electron chi connectivity index (χ1n) is 10.5. The van der Waals surface area contributed by atoms with Gasteiger partial charge in [-0.05, 0) is 61.1 Å². The van der Waals surface area contributed by atoms with Gasteiger partial charge < -0.3 is 9.84 Å². The molecule has 0 aliphatic heterocycles. The third kappa shape index (κ3) is 6.63. The number of allylic oxidation sites excluding steroid dienone is 1. The van der Waals surface area contributed by atoms with Crippen LogP contribution in [0.5, 0.6) is 5.75 Å². The zero-order valence-electron chi connectivity index (χ0n) is 17.8. The van der Waals surface area contributed by atoms with E-state index in [1.165, 1.54) is 6.07 Å². The highest BCUT2D eigenvalue weighted by Crippen LogP contribution is 2.28. The maximum atomic E-state index is 14.2. The summed E-state index contributed by atoms with van der Waals surface area (Å²) in [5, 5.41) is 9.28. The molecule has 3 nitrogen and oxygen atoms in total. The summed E-state index contributed by atoms with van der Waals surface area (Å²) in [4.78, 5) is 4.56. The van der Waals surface area contributed by atoms with Crippen molar-refractivity contribution in [3.63, 3.8) is 0 Å². The van der Waals surface area contributed by atoms with E-state index in [4.69, 9.17) is 4.74 Å². The van der Waals surface area contributed by atoms with Crippen molar-refractivity contribution in [3.05, 3.63) is 90.9 Å². The first kappa shape index (κ1) is 22.4. The van der Waals surface area contributed by atoms with Crippen molar-refractivity contribution < 1.29 is 14.2 Å². The minimum absolute atomic E-state index is 0.224. The molecule has 0 aliphatic rings. The van der Waals surface area contributed by atoms with Crippen LogP contribution in [0.15, 0.2) is 79.5 Å². The molecule has 0 amide bonds. The molecule has 1 atom stereocenters. The Morgan fingerprint density at radius 3 is 2.45 bits per heavy atom. The van der Waals surface area contributed by atoms with Crippen molar-refractivity contribution in [2.24, 2.45) is 0 Å². The number of aromatic nitrogens is 1. The second-order valence-electron chi connectivity index (χ2n) is 7.48. The van der Waals surface area contributed by atoms with Gasteiger partial charge >= 0.3 is 0 Å². The fourth-order valence-electron chi connectivity index (χ4n) is 3.20. The van der Waals surface area contributed by atoms with Crippen molar-refractivity contribution in [2.75, 3.05) is 6.61 Å². The van der Waals surface area contributed by atoms with Gasteiger partial charge in [0.2, 0.25) is 0 Å². The van der Waals surface area contributed by atoms with Crippen LogP contribution in [-0.4, -0.2) is 22.8 Å². The Hall–Kier alpha value is -3.24. The predicted octanol–water partition coefficient (Wildman–Crippen LogP) is 6.68. The fraction of sp³-hybridized carbons (Fsp3) is 0.222. The maximum Gasteiger partial charge on any atom is 0.165 e. The van der Waals surface area contributed by atoms with E-state index in [9.17, 15) is 9.50 Å². The molecule has 3 aromatic rings. The molecule has 0 bridgehead atoms. The van der Waals surface area contributed by atoms with Crippen molar-refractivity contribution in [3.8, 4) is 28.1 Å². The van der Waals surface area contributed by atoms with Crippen molar-refractivity contribution in [1.82, 2.24) is 4.98 Å². The lowest BCUT2D eigenvalue weighted by molar-refractivity contribution is 0.182. The Labute approximate surface area is 183 Å². The zero-order valence-corrected chi connectivity index (χ0v) is 17.8. The molecule has 0 aliphatic carbocycles. The molecule has 4 heteroatoms. The van der Waals surface area contributed by atoms with Gasteiger partial charge in [0.05, 0.1) is 11.8 Å². The minimum atomic E-state index is -0.389. The van der Waals surface area contributed by atoms with Gasteiger partial charge in [0.25, 0.3) is 0 Å². The summed E-state index contributed by atoms with van der Waals surface area (Å²) in [6, 6.07) is 16.9. The Kier molecular flexibility index (Phi) is 8.13. The van der Waals surface area contributed by atoms with Gasteiger partial charge in [-0.15, -0.1) is 0 Å². The molecular weight excluding hydrogens is 389 g/mol. The van der Waals surface area contributed by atoms with Gasteiger partial charge in [-0.2, -0.15) is 0 Å². The molecule has 1 N–H and O–H groups in total. The number of rotatable bonds is 10. The third-order valence-electron chi connectivity index (χ3n) is 4.89. The number of aliphatic hydroxyl groups is 1. The number of unbranched alkanes of at least 4 members (excludes halogenated alkanes) is 1. The van der Waals surface area contributed by atoms with E-state index < -0.39 is 0 Å². The largest absolute Gasteiger partial charge is 0.486 e. The molecule has 1 aromatic heterocycles. The van der Waals surface area contributed by atoms with E-state index in [0.717, 1.165) is 47.2 Å². The third-order valence-corrected chi connectivity index (χ3v) is 4.89. The smallest absolute Gasteiger partial charge is 0.165 e. The number of nitrogens with zero attached hydrogens (tertiary/aromatic N) is 1. The highest BCUT2D eigenvalue weighted by atomic mass is 19.1. The second-order valence-corrected chi connectivity index (χ2v) is 7.48. The van der Waals surface area contributed by atoms with E-state index in [1.807, 2.05) is 55.6 Å². The van der Waals surface area contributed by atoms with Crippen LogP contribution in [0.2, 0.25) is 0 Å². The molecule has 0 fully saturated rings. The molecule has 0 saturated carbocycles. The van der Waals surface area contributed by atoms with Crippen LogP contribution in [-0.2, 0) is 0 Å². The summed E-state index contributed by atoms with van der Waals surface area (Å²) in [7, 11) is 0. The SMILES string of the molecule is C=CCOc1ccc(-c2ccc(-c3ccc(/C=C/CCCC(C)O)cn3)cc2)cc1F. The summed E-state index contributed by atoms with van der Waals surface area (Å²) >= 11 is 0. The number of aliphatic hydroxyl groups excluding tert-OH is 1. The molecule has 0 spiro atoms. The topological polar surface area (TPSA) is 42.4 Å². The first-order chi connectivity index (χ1) is 15.1. The molecule has 0 radical (unpaired) electrons. The Morgan fingerprint density at radius 1 is 1.06 bits per heavy atom. The molecule has 3 rings (SSSR count). The van der Waals surface area contributed by atoms with E-state index in [-0.39, 0.29) is 24.3 Å². The van der Waals surface area contributed by atoms with Crippen LogP contribution < -0.4 is 4.74 Å². The number of halogens is 1. The van der Waals surface area contributed by atoms with Crippen LogP contribution in [0.1, 0.15) is 31.7 Å². The molecular formula is C27H28FNO2. The van der Waals surface area contributed by atoms with E-state index in [1.54, 1.807) is 12.1 Å².